The summed E-state index contributed by atoms with van der Waals surface area (Å²) in [6.45, 7) is -0.283. The third kappa shape index (κ3) is 2.10. The number of nitrogens with zero attached hydrogens (tertiary/aromatic N) is 3. The molecule has 106 valence electrons. The van der Waals surface area contributed by atoms with Gasteiger partial charge in [-0.25, -0.2) is 9.97 Å². The molecule has 20 heavy (non-hydrogen) atoms. The lowest BCUT2D eigenvalue weighted by Gasteiger charge is -2.29. The molecular formula is C11H13N5O3S. The number of aliphatic hydroxyl groups is 2. The van der Waals surface area contributed by atoms with Crippen molar-refractivity contribution in [1.29, 1.82) is 0 Å². The van der Waals surface area contributed by atoms with Crippen molar-refractivity contribution in [2.45, 2.75) is 18.4 Å². The minimum absolute atomic E-state index is 0.183. The van der Waals surface area contributed by atoms with E-state index in [1.807, 2.05) is 0 Å². The smallest absolute Gasteiger partial charge is 0.200 e. The molecule has 0 amide bonds. The van der Waals surface area contributed by atoms with Gasteiger partial charge in [-0.3, -0.25) is 4.57 Å². The van der Waals surface area contributed by atoms with Gasteiger partial charge in [-0.2, -0.15) is 0 Å². The second-order valence-electron chi connectivity index (χ2n) is 4.40. The van der Waals surface area contributed by atoms with E-state index in [9.17, 15) is 10.2 Å². The number of nitrogens with one attached hydrogen (secondary N) is 1. The lowest BCUT2D eigenvalue weighted by atomic mass is 10.1. The highest BCUT2D eigenvalue weighted by molar-refractivity contribution is 7.71. The summed E-state index contributed by atoms with van der Waals surface area (Å²) in [6.07, 6.45) is 2.74. The second kappa shape index (κ2) is 4.94. The molecular weight excluding hydrogens is 282 g/mol. The van der Waals surface area contributed by atoms with Gasteiger partial charge in [0.05, 0.1) is 12.9 Å². The SMILES string of the molecule is Nc1nc(=S)c2ncn(C3C=C[C@H](O)[C@@H](CO)O3)c2[nH]1. The maximum Gasteiger partial charge on any atom is 0.200 e. The first-order chi connectivity index (χ1) is 9.60. The number of aromatic amines is 1. The number of imidazole rings is 1. The van der Waals surface area contributed by atoms with Crippen LogP contribution in [0.5, 0.6) is 0 Å². The Labute approximate surface area is 118 Å². The minimum atomic E-state index is -0.837. The van der Waals surface area contributed by atoms with Gasteiger partial charge < -0.3 is 25.7 Å². The van der Waals surface area contributed by atoms with Crippen molar-refractivity contribution >= 4 is 29.3 Å². The molecule has 0 aromatic carbocycles. The summed E-state index contributed by atoms with van der Waals surface area (Å²) in [7, 11) is 0. The van der Waals surface area contributed by atoms with Gasteiger partial charge in [0.25, 0.3) is 0 Å². The molecule has 0 radical (unpaired) electrons. The number of hydrogen-bond acceptors (Lipinski definition) is 7. The summed E-state index contributed by atoms with van der Waals surface area (Å²) in [4.78, 5) is 11.0. The van der Waals surface area contributed by atoms with Crippen LogP contribution in [0.15, 0.2) is 18.5 Å². The number of ether oxygens (including phenoxy) is 1. The number of aliphatic hydroxyl groups excluding tert-OH is 2. The first-order valence-corrected chi connectivity index (χ1v) is 6.36. The first-order valence-electron chi connectivity index (χ1n) is 5.95. The summed E-state index contributed by atoms with van der Waals surface area (Å²) >= 11 is 5.09. The van der Waals surface area contributed by atoms with Crippen LogP contribution in [0.25, 0.3) is 11.2 Å². The van der Waals surface area contributed by atoms with Gasteiger partial charge in [0, 0.05) is 0 Å². The highest BCUT2D eigenvalue weighted by Gasteiger charge is 2.27. The number of H-pyrrole nitrogens is 1. The van der Waals surface area contributed by atoms with Crippen molar-refractivity contribution in [2.75, 3.05) is 12.3 Å². The van der Waals surface area contributed by atoms with Crippen LogP contribution in [-0.4, -0.2) is 48.5 Å². The third-order valence-corrected chi connectivity index (χ3v) is 3.37. The Bertz CT molecular complexity index is 724. The highest BCUT2D eigenvalue weighted by Crippen LogP contribution is 2.24. The molecule has 0 bridgehead atoms. The monoisotopic (exact) mass is 295 g/mol. The van der Waals surface area contributed by atoms with Crippen LogP contribution in [0.1, 0.15) is 6.23 Å². The highest BCUT2D eigenvalue weighted by atomic mass is 32.1. The molecule has 3 heterocycles. The Morgan fingerprint density at radius 2 is 2.30 bits per heavy atom. The lowest BCUT2D eigenvalue weighted by Crippen LogP contribution is -2.36. The van der Waals surface area contributed by atoms with Gasteiger partial charge in [-0.05, 0) is 6.08 Å². The van der Waals surface area contributed by atoms with Crippen LogP contribution in [0.4, 0.5) is 5.95 Å². The fraction of sp³-hybridized carbons (Fsp3) is 0.364. The normalized spacial score (nSPS) is 26.2. The molecule has 3 rings (SSSR count). The zero-order valence-electron chi connectivity index (χ0n) is 10.3. The Morgan fingerprint density at radius 1 is 1.50 bits per heavy atom. The summed E-state index contributed by atoms with van der Waals surface area (Å²) in [5.74, 6) is 0.183. The van der Waals surface area contributed by atoms with Crippen LogP contribution < -0.4 is 5.73 Å². The molecule has 0 spiro atoms. The Balaban J connectivity index is 2.07. The summed E-state index contributed by atoms with van der Waals surface area (Å²) in [5.41, 5.74) is 6.73. The van der Waals surface area contributed by atoms with E-state index >= 15 is 0 Å². The van der Waals surface area contributed by atoms with E-state index in [-0.39, 0.29) is 12.6 Å². The first kappa shape index (κ1) is 13.2. The predicted octanol–water partition coefficient (Wildman–Crippen LogP) is -0.122. The largest absolute Gasteiger partial charge is 0.394 e. The molecule has 3 atom stereocenters. The van der Waals surface area contributed by atoms with E-state index in [0.717, 1.165) is 0 Å². The number of anilines is 1. The standard InChI is InChI=1S/C11H13N5O3S/c12-11-14-9-8(10(20)15-11)13-4-16(9)7-2-1-5(18)6(3-17)19-7/h1-2,4-7,17-18H,3H2,(H3,12,14,15,20)/t5-,6+,7?/m0/s1. The molecule has 1 aliphatic heterocycles. The Morgan fingerprint density at radius 3 is 3.05 bits per heavy atom. The van der Waals surface area contributed by atoms with Crippen LogP contribution in [-0.2, 0) is 4.74 Å². The zero-order valence-corrected chi connectivity index (χ0v) is 11.1. The lowest BCUT2D eigenvalue weighted by molar-refractivity contribution is -0.102. The molecule has 0 fully saturated rings. The van der Waals surface area contributed by atoms with Crippen LogP contribution >= 0.6 is 12.2 Å². The quantitative estimate of drug-likeness (QED) is 0.450. The van der Waals surface area contributed by atoms with E-state index in [2.05, 4.69) is 15.0 Å². The zero-order chi connectivity index (χ0) is 14.3. The average Bonchev–Trinajstić information content (AvgIpc) is 2.83. The molecule has 8 nitrogen and oxygen atoms in total. The Hall–Kier alpha value is -1.81. The van der Waals surface area contributed by atoms with Crippen LogP contribution in [0.3, 0.4) is 0 Å². The number of aromatic nitrogens is 4. The summed E-state index contributed by atoms with van der Waals surface area (Å²) in [5, 5.41) is 18.8. The van der Waals surface area contributed by atoms with Crippen molar-refractivity contribution in [3.8, 4) is 0 Å². The Kier molecular flexibility index (Phi) is 3.26. The predicted molar refractivity (Wildman–Crippen MR) is 73.3 cm³/mol. The number of nitrogens with two attached hydrogens (primary N) is 1. The minimum Gasteiger partial charge on any atom is -0.394 e. The molecule has 2 aromatic heterocycles. The fourth-order valence-electron chi connectivity index (χ4n) is 2.09. The van der Waals surface area contributed by atoms with E-state index in [0.29, 0.717) is 15.8 Å². The van der Waals surface area contributed by atoms with E-state index in [4.69, 9.17) is 22.7 Å². The maximum absolute atomic E-state index is 9.63. The molecule has 2 aromatic rings. The third-order valence-electron chi connectivity index (χ3n) is 3.09. The van der Waals surface area contributed by atoms with Gasteiger partial charge in [0.1, 0.15) is 23.4 Å². The average molecular weight is 295 g/mol. The van der Waals surface area contributed by atoms with Crippen LogP contribution in [0, 0.1) is 4.64 Å². The van der Waals surface area contributed by atoms with Crippen molar-refractivity contribution in [2.24, 2.45) is 0 Å². The second-order valence-corrected chi connectivity index (χ2v) is 4.79. The molecule has 1 aliphatic rings. The summed E-state index contributed by atoms with van der Waals surface area (Å²) < 4.78 is 7.58. The number of nitrogen functional groups attached to an aromatic ring is 1. The molecule has 0 saturated heterocycles. The van der Waals surface area contributed by atoms with Gasteiger partial charge in [0.15, 0.2) is 16.8 Å². The maximum atomic E-state index is 9.63. The topological polar surface area (TPSA) is 122 Å². The number of fused-ring (bicyclic) bond motifs is 1. The molecule has 0 aliphatic carbocycles. The molecule has 9 heteroatoms. The van der Waals surface area contributed by atoms with E-state index < -0.39 is 18.4 Å². The summed E-state index contributed by atoms with van der Waals surface area (Å²) in [6, 6.07) is 0. The fourth-order valence-corrected chi connectivity index (χ4v) is 2.34. The van der Waals surface area contributed by atoms with Crippen molar-refractivity contribution in [3.05, 3.63) is 23.1 Å². The van der Waals surface area contributed by atoms with Gasteiger partial charge >= 0.3 is 0 Å². The van der Waals surface area contributed by atoms with Crippen molar-refractivity contribution < 1.29 is 14.9 Å². The molecule has 0 saturated carbocycles. The number of hydrogen-bond donors (Lipinski definition) is 4. The van der Waals surface area contributed by atoms with Crippen molar-refractivity contribution in [1.82, 2.24) is 19.5 Å². The van der Waals surface area contributed by atoms with Gasteiger partial charge in [0.2, 0.25) is 0 Å². The van der Waals surface area contributed by atoms with E-state index in [1.54, 1.807) is 23.0 Å². The van der Waals surface area contributed by atoms with Crippen LogP contribution in [0.2, 0.25) is 0 Å². The van der Waals surface area contributed by atoms with Gasteiger partial charge in [-0.1, -0.05) is 18.3 Å². The van der Waals surface area contributed by atoms with Crippen molar-refractivity contribution in [3.63, 3.8) is 0 Å². The van der Waals surface area contributed by atoms with E-state index in [1.165, 1.54) is 0 Å². The molecule has 1 unspecified atom stereocenters. The van der Waals surface area contributed by atoms with Gasteiger partial charge in [-0.15, -0.1) is 0 Å². The molecule has 5 N–H and O–H groups in total. The number of rotatable bonds is 2.